The molecule has 3 unspecified atom stereocenters. The van der Waals surface area contributed by atoms with Gasteiger partial charge in [0.2, 0.25) is 6.41 Å². The molecule has 2 aromatic carbocycles. The first-order valence-corrected chi connectivity index (χ1v) is 10.5. The number of benzene rings is 2. The third kappa shape index (κ3) is 4.41. The number of amides is 1. The molecule has 0 radical (unpaired) electrons. The quantitative estimate of drug-likeness (QED) is 0.547. The Morgan fingerprint density at radius 1 is 1.26 bits per heavy atom. The third-order valence-electron chi connectivity index (χ3n) is 5.93. The summed E-state index contributed by atoms with van der Waals surface area (Å²) in [6, 6.07) is 18.4. The standard InChI is InChI=1S/C24H28N4O3/c1-16-10-20(26-17(2)18-7-5-8-21(11-18)31-14-23(25)30)13-27(16)24-12-19-6-3-4-9-22(19)28(24)15-29/h3-9,11-12,15-17,20,26H,10,13-14H2,1-2H3,(H2,25,30). The van der Waals surface area contributed by atoms with Gasteiger partial charge in [0.1, 0.15) is 11.6 Å². The number of aromatic nitrogens is 1. The molecule has 1 aliphatic heterocycles. The van der Waals surface area contributed by atoms with Crippen molar-refractivity contribution in [3.63, 3.8) is 0 Å². The van der Waals surface area contributed by atoms with E-state index in [1.165, 1.54) is 0 Å². The fourth-order valence-corrected chi connectivity index (χ4v) is 4.44. The Bertz CT molecular complexity index is 1090. The number of carbonyl (C=O) groups excluding carboxylic acids is 2. The second kappa shape index (κ2) is 8.81. The van der Waals surface area contributed by atoms with Gasteiger partial charge in [0.15, 0.2) is 6.61 Å². The Hall–Kier alpha value is -3.32. The number of para-hydroxylation sites is 1. The molecule has 1 fully saturated rings. The van der Waals surface area contributed by atoms with E-state index in [4.69, 9.17) is 10.5 Å². The fraction of sp³-hybridized carbons (Fsp3) is 0.333. The van der Waals surface area contributed by atoms with E-state index >= 15 is 0 Å². The molecule has 31 heavy (non-hydrogen) atoms. The van der Waals surface area contributed by atoms with Gasteiger partial charge in [-0.15, -0.1) is 0 Å². The van der Waals surface area contributed by atoms with E-state index in [1.807, 2.05) is 48.5 Å². The van der Waals surface area contributed by atoms with Crippen molar-refractivity contribution < 1.29 is 14.3 Å². The fourth-order valence-electron chi connectivity index (χ4n) is 4.44. The van der Waals surface area contributed by atoms with E-state index in [-0.39, 0.29) is 18.7 Å². The average molecular weight is 421 g/mol. The molecule has 0 aliphatic carbocycles. The molecule has 0 saturated carbocycles. The van der Waals surface area contributed by atoms with Gasteiger partial charge < -0.3 is 20.7 Å². The van der Waals surface area contributed by atoms with Crippen molar-refractivity contribution in [2.45, 2.75) is 38.4 Å². The second-order valence-electron chi connectivity index (χ2n) is 8.19. The highest BCUT2D eigenvalue weighted by molar-refractivity contribution is 5.91. The highest BCUT2D eigenvalue weighted by atomic mass is 16.5. The summed E-state index contributed by atoms with van der Waals surface area (Å²) < 4.78 is 7.16. The highest BCUT2D eigenvalue weighted by Gasteiger charge is 2.32. The number of carbonyl (C=O) groups is 2. The molecule has 0 bridgehead atoms. The lowest BCUT2D eigenvalue weighted by Gasteiger charge is -2.24. The molecule has 3 aromatic rings. The summed E-state index contributed by atoms with van der Waals surface area (Å²) >= 11 is 0. The first-order chi connectivity index (χ1) is 15.0. The van der Waals surface area contributed by atoms with Crippen LogP contribution in [0.3, 0.4) is 0 Å². The first-order valence-electron chi connectivity index (χ1n) is 10.5. The Balaban J connectivity index is 1.47. The molecule has 3 atom stereocenters. The molecule has 7 heteroatoms. The summed E-state index contributed by atoms with van der Waals surface area (Å²) in [6.07, 6.45) is 1.87. The Kier molecular flexibility index (Phi) is 5.95. The van der Waals surface area contributed by atoms with E-state index in [0.717, 1.165) is 41.7 Å². The average Bonchev–Trinajstić information content (AvgIpc) is 3.31. The van der Waals surface area contributed by atoms with E-state index in [1.54, 1.807) is 4.57 Å². The van der Waals surface area contributed by atoms with Crippen LogP contribution in [0.4, 0.5) is 5.82 Å². The molecule has 0 spiro atoms. The molecular weight excluding hydrogens is 392 g/mol. The molecule has 4 rings (SSSR count). The maximum atomic E-state index is 11.8. The van der Waals surface area contributed by atoms with Crippen LogP contribution >= 0.6 is 0 Å². The number of nitrogens with two attached hydrogens (primary N) is 1. The van der Waals surface area contributed by atoms with Crippen LogP contribution in [0.5, 0.6) is 5.75 Å². The number of hydrogen-bond acceptors (Lipinski definition) is 5. The summed E-state index contributed by atoms with van der Waals surface area (Å²) in [5.74, 6) is 1.06. The van der Waals surface area contributed by atoms with E-state index in [9.17, 15) is 9.59 Å². The van der Waals surface area contributed by atoms with Crippen LogP contribution in [0.2, 0.25) is 0 Å². The Morgan fingerprint density at radius 3 is 2.84 bits per heavy atom. The van der Waals surface area contributed by atoms with Crippen molar-refractivity contribution >= 4 is 29.0 Å². The van der Waals surface area contributed by atoms with Crippen molar-refractivity contribution in [2.75, 3.05) is 18.1 Å². The minimum Gasteiger partial charge on any atom is -0.484 e. The zero-order valence-corrected chi connectivity index (χ0v) is 17.8. The largest absolute Gasteiger partial charge is 0.484 e. The van der Waals surface area contributed by atoms with Gasteiger partial charge in [-0.1, -0.05) is 30.3 Å². The maximum absolute atomic E-state index is 11.8. The van der Waals surface area contributed by atoms with Gasteiger partial charge in [-0.05, 0) is 50.1 Å². The lowest BCUT2D eigenvalue weighted by Crippen LogP contribution is -2.35. The molecular formula is C24H28N4O3. The molecule has 162 valence electrons. The summed E-state index contributed by atoms with van der Waals surface area (Å²) in [5.41, 5.74) is 7.17. The van der Waals surface area contributed by atoms with Crippen LogP contribution in [-0.2, 0) is 9.59 Å². The number of nitrogens with one attached hydrogen (secondary N) is 1. The minimum atomic E-state index is -0.496. The zero-order valence-electron chi connectivity index (χ0n) is 17.8. The predicted octanol–water partition coefficient (Wildman–Crippen LogP) is 2.86. The second-order valence-corrected chi connectivity index (χ2v) is 8.19. The van der Waals surface area contributed by atoms with Gasteiger partial charge in [0.05, 0.1) is 5.52 Å². The van der Waals surface area contributed by atoms with Crippen molar-refractivity contribution in [3.8, 4) is 5.75 Å². The predicted molar refractivity (Wildman–Crippen MR) is 122 cm³/mol. The van der Waals surface area contributed by atoms with Gasteiger partial charge in [0.25, 0.3) is 5.91 Å². The van der Waals surface area contributed by atoms with Gasteiger partial charge in [-0.3, -0.25) is 14.2 Å². The molecule has 1 amide bonds. The van der Waals surface area contributed by atoms with Gasteiger partial charge in [-0.25, -0.2) is 0 Å². The monoisotopic (exact) mass is 420 g/mol. The van der Waals surface area contributed by atoms with E-state index in [2.05, 4.69) is 30.1 Å². The van der Waals surface area contributed by atoms with Crippen LogP contribution in [-0.4, -0.2) is 42.1 Å². The van der Waals surface area contributed by atoms with Gasteiger partial charge in [-0.2, -0.15) is 0 Å². The van der Waals surface area contributed by atoms with Crippen LogP contribution in [0.1, 0.15) is 31.9 Å². The summed E-state index contributed by atoms with van der Waals surface area (Å²) in [5, 5.41) is 4.77. The molecule has 2 heterocycles. The smallest absolute Gasteiger partial charge is 0.255 e. The number of ether oxygens (including phenoxy) is 1. The van der Waals surface area contributed by atoms with Crippen molar-refractivity contribution in [3.05, 3.63) is 60.2 Å². The lowest BCUT2D eigenvalue weighted by atomic mass is 10.1. The topological polar surface area (TPSA) is 89.6 Å². The zero-order chi connectivity index (χ0) is 22.0. The van der Waals surface area contributed by atoms with Gasteiger partial charge in [0, 0.05) is 30.1 Å². The number of nitrogens with zero attached hydrogens (tertiary/aromatic N) is 2. The molecule has 1 aliphatic rings. The first kappa shape index (κ1) is 20.9. The highest BCUT2D eigenvalue weighted by Crippen LogP contribution is 2.31. The minimum absolute atomic E-state index is 0.103. The molecule has 3 N–H and O–H groups in total. The number of hydrogen-bond donors (Lipinski definition) is 2. The normalized spacial score (nSPS) is 19.5. The van der Waals surface area contributed by atoms with E-state index < -0.39 is 5.91 Å². The van der Waals surface area contributed by atoms with Crippen LogP contribution in [0.25, 0.3) is 10.9 Å². The summed E-state index contributed by atoms with van der Waals surface area (Å²) in [4.78, 5) is 25.1. The van der Waals surface area contributed by atoms with Gasteiger partial charge >= 0.3 is 0 Å². The van der Waals surface area contributed by atoms with Crippen LogP contribution in [0, 0.1) is 0 Å². The van der Waals surface area contributed by atoms with Crippen molar-refractivity contribution in [1.82, 2.24) is 9.88 Å². The van der Waals surface area contributed by atoms with Crippen LogP contribution in [0.15, 0.2) is 54.6 Å². The lowest BCUT2D eigenvalue weighted by molar-refractivity contribution is -0.119. The summed E-state index contributed by atoms with van der Waals surface area (Å²) in [6.45, 7) is 4.99. The number of rotatable bonds is 8. The Labute approximate surface area is 181 Å². The van der Waals surface area contributed by atoms with Crippen LogP contribution < -0.4 is 20.7 Å². The van der Waals surface area contributed by atoms with Crippen molar-refractivity contribution in [2.24, 2.45) is 5.73 Å². The van der Waals surface area contributed by atoms with Crippen molar-refractivity contribution in [1.29, 1.82) is 0 Å². The number of anilines is 1. The Morgan fingerprint density at radius 2 is 2.06 bits per heavy atom. The summed E-state index contributed by atoms with van der Waals surface area (Å²) in [7, 11) is 0. The van der Waals surface area contributed by atoms with E-state index in [0.29, 0.717) is 11.8 Å². The molecule has 1 aromatic heterocycles. The SMILES string of the molecule is CC(NC1CC(C)N(c2cc3ccccc3n2C=O)C1)c1cccc(OCC(N)=O)c1. The number of fused-ring (bicyclic) bond motifs is 1. The third-order valence-corrected chi connectivity index (χ3v) is 5.93. The number of primary amides is 1. The molecule has 7 nitrogen and oxygen atoms in total. The molecule has 1 saturated heterocycles. The maximum Gasteiger partial charge on any atom is 0.255 e.